The predicted molar refractivity (Wildman–Crippen MR) is 49.6 cm³/mol. The van der Waals surface area contributed by atoms with Gasteiger partial charge in [0.15, 0.2) is 0 Å². The van der Waals surface area contributed by atoms with E-state index in [4.69, 9.17) is 4.74 Å². The van der Waals surface area contributed by atoms with Gasteiger partial charge in [0.1, 0.15) is 5.78 Å². The van der Waals surface area contributed by atoms with Crippen LogP contribution in [0.25, 0.3) is 0 Å². The summed E-state index contributed by atoms with van der Waals surface area (Å²) < 4.78 is 5.76. The van der Waals surface area contributed by atoms with Crippen LogP contribution in [-0.2, 0) is 9.53 Å². The lowest BCUT2D eigenvalue weighted by Gasteiger charge is -2.40. The van der Waals surface area contributed by atoms with E-state index in [9.17, 15) is 4.79 Å². The summed E-state index contributed by atoms with van der Waals surface area (Å²) in [6.45, 7) is 3.93. The summed E-state index contributed by atoms with van der Waals surface area (Å²) in [5.74, 6) is 0.547. The monoisotopic (exact) mass is 183 g/mol. The average Bonchev–Trinajstić information content (AvgIpc) is 2.06. The number of carbonyl (C=O) groups is 1. The summed E-state index contributed by atoms with van der Waals surface area (Å²) in [4.78, 5) is 13.9. The molecule has 2 saturated heterocycles. The molecule has 0 aromatic rings. The normalized spacial score (nSPS) is 41.7. The maximum absolute atomic E-state index is 11.7. The molecule has 2 rings (SSSR count). The largest absolute Gasteiger partial charge is 0.374 e. The Labute approximate surface area is 79.0 Å². The maximum atomic E-state index is 11.7. The van der Waals surface area contributed by atoms with Gasteiger partial charge in [-0.3, -0.25) is 4.79 Å². The highest BCUT2D eigenvalue weighted by Gasteiger charge is 2.38. The van der Waals surface area contributed by atoms with E-state index in [1.807, 2.05) is 6.92 Å². The van der Waals surface area contributed by atoms with Gasteiger partial charge in [-0.15, -0.1) is 0 Å². The molecular formula is C10H17NO2. The number of nitrogens with zero attached hydrogens (tertiary/aromatic N) is 1. The lowest BCUT2D eigenvalue weighted by molar-refractivity contribution is -0.151. The van der Waals surface area contributed by atoms with Crippen molar-refractivity contribution in [1.82, 2.24) is 4.90 Å². The van der Waals surface area contributed by atoms with Gasteiger partial charge in [-0.1, -0.05) is 0 Å². The maximum Gasteiger partial charge on any atom is 0.142 e. The summed E-state index contributed by atoms with van der Waals surface area (Å²) in [7, 11) is 2.07. The lowest BCUT2D eigenvalue weighted by Crippen LogP contribution is -2.50. The van der Waals surface area contributed by atoms with Crippen LogP contribution in [0, 0.1) is 5.92 Å². The molecule has 3 heteroatoms. The second-order valence-corrected chi connectivity index (χ2v) is 4.31. The van der Waals surface area contributed by atoms with Gasteiger partial charge < -0.3 is 9.64 Å². The molecule has 0 radical (unpaired) electrons. The fourth-order valence-corrected chi connectivity index (χ4v) is 2.35. The van der Waals surface area contributed by atoms with Gasteiger partial charge in [0.05, 0.1) is 18.1 Å². The van der Waals surface area contributed by atoms with Gasteiger partial charge in [-0.05, 0) is 20.4 Å². The van der Waals surface area contributed by atoms with Crippen LogP contribution < -0.4 is 0 Å². The Balaban J connectivity index is 2.06. The molecule has 0 N–H and O–H groups in total. The second-order valence-electron chi connectivity index (χ2n) is 4.31. The first-order valence-electron chi connectivity index (χ1n) is 5.03. The van der Waals surface area contributed by atoms with E-state index < -0.39 is 0 Å². The van der Waals surface area contributed by atoms with Gasteiger partial charge in [0.2, 0.25) is 0 Å². The van der Waals surface area contributed by atoms with Crippen LogP contribution in [0.2, 0.25) is 0 Å². The number of hydrogen-bond acceptors (Lipinski definition) is 3. The first-order valence-corrected chi connectivity index (χ1v) is 5.03. The van der Waals surface area contributed by atoms with Crippen molar-refractivity contribution < 1.29 is 9.53 Å². The van der Waals surface area contributed by atoms with E-state index in [0.717, 1.165) is 19.5 Å². The molecule has 0 saturated carbocycles. The number of hydrogen-bond donors (Lipinski definition) is 0. The van der Waals surface area contributed by atoms with E-state index in [0.29, 0.717) is 12.2 Å². The van der Waals surface area contributed by atoms with Crippen LogP contribution in [0.15, 0.2) is 0 Å². The first-order chi connectivity index (χ1) is 6.16. The number of carbonyl (C=O) groups excluding carboxylic acids is 1. The number of ether oxygens (including phenoxy) is 1. The minimum absolute atomic E-state index is 0.136. The molecule has 3 atom stereocenters. The van der Waals surface area contributed by atoms with Crippen LogP contribution in [0.1, 0.15) is 19.8 Å². The molecule has 3 unspecified atom stereocenters. The Kier molecular flexibility index (Phi) is 2.39. The highest BCUT2D eigenvalue weighted by molar-refractivity contribution is 5.83. The van der Waals surface area contributed by atoms with Crippen molar-refractivity contribution in [1.29, 1.82) is 0 Å². The number of Topliss-reactive ketones (excluding diaryl/α,β-unsaturated/α-hetero) is 1. The zero-order valence-electron chi connectivity index (χ0n) is 8.32. The van der Waals surface area contributed by atoms with Crippen molar-refractivity contribution in [3.05, 3.63) is 0 Å². The third-order valence-corrected chi connectivity index (χ3v) is 3.06. The quantitative estimate of drug-likeness (QED) is 0.553. The van der Waals surface area contributed by atoms with Crippen LogP contribution in [0.4, 0.5) is 0 Å². The third-order valence-electron chi connectivity index (χ3n) is 3.06. The van der Waals surface area contributed by atoms with Crippen molar-refractivity contribution in [2.75, 3.05) is 20.1 Å². The Hall–Kier alpha value is -0.410. The van der Waals surface area contributed by atoms with Gasteiger partial charge >= 0.3 is 0 Å². The molecule has 13 heavy (non-hydrogen) atoms. The number of rotatable bonds is 0. The molecule has 3 nitrogen and oxygen atoms in total. The summed E-state index contributed by atoms with van der Waals surface area (Å²) in [6.07, 6.45) is 1.95. The van der Waals surface area contributed by atoms with Crippen LogP contribution in [0.3, 0.4) is 0 Å². The van der Waals surface area contributed by atoms with Crippen LogP contribution in [-0.4, -0.2) is 43.0 Å². The molecule has 0 aromatic carbocycles. The summed E-state index contributed by atoms with van der Waals surface area (Å²) in [6, 6.07) is 0. The molecule has 0 amide bonds. The zero-order valence-corrected chi connectivity index (χ0v) is 8.32. The van der Waals surface area contributed by atoms with Crippen molar-refractivity contribution in [2.24, 2.45) is 5.92 Å². The molecule has 74 valence electrons. The van der Waals surface area contributed by atoms with Gasteiger partial charge in [0, 0.05) is 19.5 Å². The van der Waals surface area contributed by atoms with E-state index >= 15 is 0 Å². The van der Waals surface area contributed by atoms with E-state index in [1.165, 1.54) is 0 Å². The SMILES string of the molecule is CC1CC(=O)C2CN(C)CCC2O1. The van der Waals surface area contributed by atoms with Crippen LogP contribution in [0.5, 0.6) is 0 Å². The number of likely N-dealkylation sites (tertiary alicyclic amines) is 1. The topological polar surface area (TPSA) is 29.5 Å². The standard InChI is InChI=1S/C10H17NO2/c1-7-5-9(12)8-6-11(2)4-3-10(8)13-7/h7-8,10H,3-6H2,1-2H3. The Morgan fingerprint density at radius 2 is 2.31 bits per heavy atom. The molecule has 0 aliphatic carbocycles. The molecule has 2 heterocycles. The summed E-state index contributed by atoms with van der Waals surface area (Å²) in [5.41, 5.74) is 0. The second kappa shape index (κ2) is 3.39. The fourth-order valence-electron chi connectivity index (χ4n) is 2.35. The van der Waals surface area contributed by atoms with Gasteiger partial charge in [0.25, 0.3) is 0 Å². The van der Waals surface area contributed by atoms with Gasteiger partial charge in [-0.25, -0.2) is 0 Å². The molecule has 2 aliphatic heterocycles. The minimum Gasteiger partial charge on any atom is -0.374 e. The molecular weight excluding hydrogens is 166 g/mol. The summed E-state index contributed by atoms with van der Waals surface area (Å²) in [5, 5.41) is 0. The molecule has 0 spiro atoms. The number of ketones is 1. The highest BCUT2D eigenvalue weighted by atomic mass is 16.5. The van der Waals surface area contributed by atoms with Crippen molar-refractivity contribution in [3.63, 3.8) is 0 Å². The lowest BCUT2D eigenvalue weighted by atomic mass is 9.86. The molecule has 0 bridgehead atoms. The van der Waals surface area contributed by atoms with Crippen molar-refractivity contribution in [3.8, 4) is 0 Å². The minimum atomic E-state index is 0.136. The predicted octanol–water partition coefficient (Wildman–Crippen LogP) is 0.685. The van der Waals surface area contributed by atoms with E-state index in [2.05, 4.69) is 11.9 Å². The smallest absolute Gasteiger partial charge is 0.142 e. The first kappa shape index (κ1) is 9.16. The summed E-state index contributed by atoms with van der Waals surface area (Å²) >= 11 is 0. The molecule has 0 aromatic heterocycles. The van der Waals surface area contributed by atoms with Crippen molar-refractivity contribution in [2.45, 2.75) is 32.0 Å². The Morgan fingerprint density at radius 1 is 1.54 bits per heavy atom. The number of fused-ring (bicyclic) bond motifs is 1. The Bertz CT molecular complexity index is 217. The fraction of sp³-hybridized carbons (Fsp3) is 0.900. The van der Waals surface area contributed by atoms with Crippen molar-refractivity contribution >= 4 is 5.78 Å². The molecule has 2 aliphatic rings. The molecule has 2 fully saturated rings. The zero-order chi connectivity index (χ0) is 9.42. The van der Waals surface area contributed by atoms with Crippen LogP contribution >= 0.6 is 0 Å². The van der Waals surface area contributed by atoms with E-state index in [-0.39, 0.29) is 18.1 Å². The van der Waals surface area contributed by atoms with Gasteiger partial charge in [-0.2, -0.15) is 0 Å². The third kappa shape index (κ3) is 1.76. The highest BCUT2D eigenvalue weighted by Crippen LogP contribution is 2.28. The number of piperidine rings is 1. The average molecular weight is 183 g/mol. The Morgan fingerprint density at radius 3 is 3.08 bits per heavy atom. The van der Waals surface area contributed by atoms with E-state index in [1.54, 1.807) is 0 Å².